The maximum Gasteiger partial charge on any atom is 0.235 e. The lowest BCUT2D eigenvalue weighted by Crippen LogP contribution is -2.22. The Morgan fingerprint density at radius 3 is 2.58 bits per heavy atom. The summed E-state index contributed by atoms with van der Waals surface area (Å²) < 4.78 is 27.0. The fourth-order valence-electron chi connectivity index (χ4n) is 2.81. The second-order valence-corrected chi connectivity index (χ2v) is 10.5. The second-order valence-electron chi connectivity index (χ2n) is 7.26. The first-order valence-electron chi connectivity index (χ1n) is 9.65. The van der Waals surface area contributed by atoms with Gasteiger partial charge in [0.1, 0.15) is 5.82 Å². The first kappa shape index (κ1) is 21.1. The number of fused-ring (bicyclic) bond motifs is 1. The molecule has 0 radical (unpaired) electrons. The molecule has 0 fully saturated rings. The fourth-order valence-corrected chi connectivity index (χ4v) is 4.33. The molecular weight excluding hydrogens is 432 g/mol. The smallest absolute Gasteiger partial charge is 0.235 e. The number of benzene rings is 2. The number of aromatic nitrogens is 4. The number of para-hydroxylation sites is 1. The molecule has 0 amide bonds. The molecule has 0 unspecified atom stereocenters. The van der Waals surface area contributed by atoms with Crippen molar-refractivity contribution in [3.05, 3.63) is 60.3 Å². The van der Waals surface area contributed by atoms with E-state index >= 15 is 0 Å². The van der Waals surface area contributed by atoms with Gasteiger partial charge in [0, 0.05) is 27.7 Å². The number of nitrogens with zero attached hydrogens (tertiary/aromatic N) is 3. The normalized spacial score (nSPS) is 11.7. The molecule has 31 heavy (non-hydrogen) atoms. The maximum atomic E-state index is 12.2. The average Bonchev–Trinajstić information content (AvgIpc) is 3.12. The van der Waals surface area contributed by atoms with Crippen molar-refractivity contribution in [3.63, 3.8) is 0 Å². The van der Waals surface area contributed by atoms with Gasteiger partial charge in [-0.05, 0) is 62.9 Å². The minimum atomic E-state index is -3.42. The Morgan fingerprint density at radius 1 is 1.03 bits per heavy atom. The standard InChI is InChI=1S/C21H22N6O2S2/c1-13(2)31(28,29)27-15-7-6-8-16(12-15)30-21-22-18-10-5-4-9-17(18)20(24-21)23-19-11-14(3)25-26-19/h4-13,27H,1-3H3,(H2,22,23,24,25,26). The third-order valence-electron chi connectivity index (χ3n) is 4.46. The zero-order chi connectivity index (χ0) is 22.0. The van der Waals surface area contributed by atoms with Gasteiger partial charge in [0.25, 0.3) is 0 Å². The molecule has 0 bridgehead atoms. The van der Waals surface area contributed by atoms with Gasteiger partial charge < -0.3 is 5.32 Å². The van der Waals surface area contributed by atoms with Crippen molar-refractivity contribution in [1.82, 2.24) is 20.2 Å². The Hall–Kier alpha value is -3.11. The molecule has 3 N–H and O–H groups in total. The van der Waals surface area contributed by atoms with Crippen LogP contribution in [0, 0.1) is 6.92 Å². The third-order valence-corrected chi connectivity index (χ3v) is 7.08. The third kappa shape index (κ3) is 4.97. The molecule has 0 saturated carbocycles. The zero-order valence-electron chi connectivity index (χ0n) is 17.2. The summed E-state index contributed by atoms with van der Waals surface area (Å²) in [5.41, 5.74) is 2.24. The van der Waals surface area contributed by atoms with E-state index in [2.05, 4.69) is 30.2 Å². The summed E-state index contributed by atoms with van der Waals surface area (Å²) in [5, 5.41) is 11.3. The van der Waals surface area contributed by atoms with Gasteiger partial charge in [0.2, 0.25) is 10.0 Å². The Balaban J connectivity index is 1.65. The van der Waals surface area contributed by atoms with Crippen LogP contribution in [0.5, 0.6) is 0 Å². The number of aryl methyl sites for hydroxylation is 1. The van der Waals surface area contributed by atoms with E-state index in [1.807, 2.05) is 43.3 Å². The van der Waals surface area contributed by atoms with Crippen LogP contribution < -0.4 is 10.0 Å². The van der Waals surface area contributed by atoms with E-state index in [1.54, 1.807) is 32.0 Å². The minimum Gasteiger partial charge on any atom is -0.323 e. The number of H-pyrrole nitrogens is 1. The highest BCUT2D eigenvalue weighted by Crippen LogP contribution is 2.31. The molecule has 4 rings (SSSR count). The molecular formula is C21H22N6O2S2. The predicted octanol–water partition coefficient (Wildman–Crippen LogP) is 4.71. The minimum absolute atomic E-state index is 0.504. The second kappa shape index (κ2) is 8.56. The van der Waals surface area contributed by atoms with Crippen LogP contribution in [-0.2, 0) is 10.0 Å². The molecule has 8 nitrogen and oxygen atoms in total. The highest BCUT2D eigenvalue weighted by molar-refractivity contribution is 7.99. The summed E-state index contributed by atoms with van der Waals surface area (Å²) in [6, 6.07) is 16.8. The summed E-state index contributed by atoms with van der Waals surface area (Å²) >= 11 is 1.36. The van der Waals surface area contributed by atoms with Crippen molar-refractivity contribution in [2.45, 2.75) is 36.1 Å². The first-order chi connectivity index (χ1) is 14.8. The highest BCUT2D eigenvalue weighted by atomic mass is 32.2. The van der Waals surface area contributed by atoms with Crippen molar-refractivity contribution in [1.29, 1.82) is 0 Å². The molecule has 0 atom stereocenters. The van der Waals surface area contributed by atoms with E-state index in [4.69, 9.17) is 0 Å². The van der Waals surface area contributed by atoms with Gasteiger partial charge in [-0.25, -0.2) is 18.4 Å². The maximum absolute atomic E-state index is 12.2. The van der Waals surface area contributed by atoms with Crippen LogP contribution in [0.4, 0.5) is 17.3 Å². The Bertz CT molecular complexity index is 1330. The molecule has 0 spiro atoms. The van der Waals surface area contributed by atoms with E-state index in [0.717, 1.165) is 21.5 Å². The first-order valence-corrected chi connectivity index (χ1v) is 12.0. The SMILES string of the molecule is Cc1cc(Nc2nc(Sc3cccc(NS(=O)(=O)C(C)C)c3)nc3ccccc23)n[nH]1. The molecule has 4 aromatic rings. The molecule has 10 heteroatoms. The van der Waals surface area contributed by atoms with Gasteiger partial charge >= 0.3 is 0 Å². The van der Waals surface area contributed by atoms with Crippen LogP contribution >= 0.6 is 11.8 Å². The Labute approximate surface area is 185 Å². The number of hydrogen-bond donors (Lipinski definition) is 3. The van der Waals surface area contributed by atoms with Crippen LogP contribution in [0.1, 0.15) is 19.5 Å². The summed E-state index contributed by atoms with van der Waals surface area (Å²) in [5.74, 6) is 1.32. The van der Waals surface area contributed by atoms with Crippen LogP contribution in [0.3, 0.4) is 0 Å². The quantitative estimate of drug-likeness (QED) is 0.347. The zero-order valence-corrected chi connectivity index (χ0v) is 18.9. The number of nitrogens with one attached hydrogen (secondary N) is 3. The van der Waals surface area contributed by atoms with E-state index in [0.29, 0.717) is 22.5 Å². The number of rotatable bonds is 7. The van der Waals surface area contributed by atoms with E-state index < -0.39 is 15.3 Å². The lowest BCUT2D eigenvalue weighted by atomic mass is 10.2. The number of sulfonamides is 1. The van der Waals surface area contributed by atoms with E-state index in [1.165, 1.54) is 11.8 Å². The summed E-state index contributed by atoms with van der Waals surface area (Å²) in [6.45, 7) is 5.20. The van der Waals surface area contributed by atoms with E-state index in [-0.39, 0.29) is 0 Å². The van der Waals surface area contributed by atoms with Crippen molar-refractivity contribution < 1.29 is 8.42 Å². The van der Waals surface area contributed by atoms with Crippen LogP contribution in [0.15, 0.2) is 64.6 Å². The number of aromatic amines is 1. The van der Waals surface area contributed by atoms with Gasteiger partial charge in [-0.2, -0.15) is 5.10 Å². The summed E-state index contributed by atoms with van der Waals surface area (Å²) in [7, 11) is -3.42. The van der Waals surface area contributed by atoms with Crippen molar-refractivity contribution in [2.75, 3.05) is 10.0 Å². The average molecular weight is 455 g/mol. The van der Waals surface area contributed by atoms with Gasteiger partial charge in [0.05, 0.1) is 10.8 Å². The predicted molar refractivity (Wildman–Crippen MR) is 124 cm³/mol. The van der Waals surface area contributed by atoms with Crippen LogP contribution in [0.2, 0.25) is 0 Å². The van der Waals surface area contributed by atoms with Gasteiger partial charge in [-0.1, -0.05) is 18.2 Å². The van der Waals surface area contributed by atoms with Crippen LogP contribution in [-0.4, -0.2) is 33.8 Å². The lowest BCUT2D eigenvalue weighted by Gasteiger charge is -2.12. The molecule has 2 aromatic heterocycles. The molecule has 160 valence electrons. The number of anilines is 3. The molecule has 0 aliphatic carbocycles. The van der Waals surface area contributed by atoms with Crippen molar-refractivity contribution in [2.24, 2.45) is 0 Å². The fraction of sp³-hybridized carbons (Fsp3) is 0.190. The lowest BCUT2D eigenvalue weighted by molar-refractivity contribution is 0.593. The topological polar surface area (TPSA) is 113 Å². The summed E-state index contributed by atoms with van der Waals surface area (Å²) in [6.07, 6.45) is 0. The van der Waals surface area contributed by atoms with Crippen LogP contribution in [0.25, 0.3) is 10.9 Å². The molecule has 2 heterocycles. The molecule has 2 aromatic carbocycles. The van der Waals surface area contributed by atoms with Crippen molar-refractivity contribution >= 4 is 50.0 Å². The molecule has 0 aliphatic rings. The van der Waals surface area contributed by atoms with Gasteiger partial charge in [0.15, 0.2) is 11.0 Å². The van der Waals surface area contributed by atoms with Gasteiger partial charge in [-0.3, -0.25) is 9.82 Å². The molecule has 0 aliphatic heterocycles. The van der Waals surface area contributed by atoms with Gasteiger partial charge in [-0.15, -0.1) is 0 Å². The number of hydrogen-bond acceptors (Lipinski definition) is 7. The van der Waals surface area contributed by atoms with E-state index in [9.17, 15) is 8.42 Å². The Kier molecular flexibility index (Phi) is 5.84. The summed E-state index contributed by atoms with van der Waals surface area (Å²) in [4.78, 5) is 10.2. The highest BCUT2D eigenvalue weighted by Gasteiger charge is 2.16. The largest absolute Gasteiger partial charge is 0.323 e. The molecule has 0 saturated heterocycles. The monoisotopic (exact) mass is 454 g/mol. The van der Waals surface area contributed by atoms with Crippen molar-refractivity contribution in [3.8, 4) is 0 Å². The Morgan fingerprint density at radius 2 is 1.84 bits per heavy atom.